The molecule has 0 radical (unpaired) electrons. The van der Waals surface area contributed by atoms with Gasteiger partial charge in [0.1, 0.15) is 6.61 Å². The van der Waals surface area contributed by atoms with Crippen molar-refractivity contribution in [2.75, 3.05) is 13.2 Å². The van der Waals surface area contributed by atoms with E-state index in [0.717, 1.165) is 0 Å². The van der Waals surface area contributed by atoms with Crippen molar-refractivity contribution in [1.82, 2.24) is 5.32 Å². The third-order valence-electron chi connectivity index (χ3n) is 2.52. The van der Waals surface area contributed by atoms with Crippen LogP contribution in [0.1, 0.15) is 32.3 Å². The van der Waals surface area contributed by atoms with Gasteiger partial charge < -0.3 is 10.1 Å². The second-order valence-corrected chi connectivity index (χ2v) is 4.48. The Morgan fingerprint density at radius 3 is 2.47 bits per heavy atom. The maximum atomic E-state index is 11.4. The van der Waals surface area contributed by atoms with E-state index in [4.69, 9.17) is 4.74 Å². The molecule has 1 N–H and O–H groups in total. The van der Waals surface area contributed by atoms with Crippen LogP contribution in [0.2, 0.25) is 0 Å². The van der Waals surface area contributed by atoms with Gasteiger partial charge in [0.15, 0.2) is 0 Å². The van der Waals surface area contributed by atoms with Gasteiger partial charge in [-0.3, -0.25) is 4.79 Å². The second kappa shape index (κ2) is 7.07. The van der Waals surface area contributed by atoms with Crippen LogP contribution in [-0.2, 0) is 9.53 Å². The summed E-state index contributed by atoms with van der Waals surface area (Å²) in [6.45, 7) is 6.71. The minimum absolute atomic E-state index is 0.0542. The Morgan fingerprint density at radius 1 is 1.24 bits per heavy atom. The van der Waals surface area contributed by atoms with E-state index in [0.29, 0.717) is 12.5 Å². The van der Waals surface area contributed by atoms with Gasteiger partial charge in [-0.1, -0.05) is 37.3 Å². The van der Waals surface area contributed by atoms with Gasteiger partial charge in [0, 0.05) is 6.54 Å². The predicted molar refractivity (Wildman–Crippen MR) is 69.0 cm³/mol. The van der Waals surface area contributed by atoms with Crippen LogP contribution < -0.4 is 5.32 Å². The van der Waals surface area contributed by atoms with Crippen molar-refractivity contribution >= 4 is 5.91 Å². The monoisotopic (exact) mass is 235 g/mol. The van der Waals surface area contributed by atoms with Crippen LogP contribution in [0.3, 0.4) is 0 Å². The van der Waals surface area contributed by atoms with Crippen molar-refractivity contribution in [3.05, 3.63) is 35.9 Å². The molecule has 0 aliphatic heterocycles. The molecule has 0 bridgehead atoms. The van der Waals surface area contributed by atoms with E-state index < -0.39 is 0 Å². The summed E-state index contributed by atoms with van der Waals surface area (Å²) < 4.78 is 5.23. The smallest absolute Gasteiger partial charge is 0.246 e. The molecule has 1 aromatic carbocycles. The lowest BCUT2D eigenvalue weighted by atomic mass is 10.0. The van der Waals surface area contributed by atoms with Gasteiger partial charge in [-0.15, -0.1) is 0 Å². The first kappa shape index (κ1) is 13.7. The normalized spacial score (nSPS) is 12.5. The fourth-order valence-electron chi connectivity index (χ4n) is 1.46. The molecule has 94 valence electrons. The van der Waals surface area contributed by atoms with Gasteiger partial charge in [0.05, 0.1) is 6.10 Å². The fraction of sp³-hybridized carbons (Fsp3) is 0.500. The number of hydrogen-bond donors (Lipinski definition) is 1. The van der Waals surface area contributed by atoms with E-state index in [9.17, 15) is 4.79 Å². The third-order valence-corrected chi connectivity index (χ3v) is 2.52. The molecule has 1 unspecified atom stereocenters. The molecule has 0 saturated heterocycles. The standard InChI is InChI=1S/C14H21NO2/c1-11(2)17-10-14(16)15-9-12(3)13-7-5-4-6-8-13/h4-8,11-12H,9-10H2,1-3H3,(H,15,16). The van der Waals surface area contributed by atoms with E-state index in [2.05, 4.69) is 24.4 Å². The maximum Gasteiger partial charge on any atom is 0.246 e. The fourth-order valence-corrected chi connectivity index (χ4v) is 1.46. The summed E-state index contributed by atoms with van der Waals surface area (Å²) in [5, 5.41) is 2.87. The highest BCUT2D eigenvalue weighted by molar-refractivity contribution is 5.77. The Labute approximate surface area is 103 Å². The van der Waals surface area contributed by atoms with Gasteiger partial charge in [0.2, 0.25) is 5.91 Å². The first-order valence-corrected chi connectivity index (χ1v) is 6.03. The van der Waals surface area contributed by atoms with Crippen LogP contribution >= 0.6 is 0 Å². The SMILES string of the molecule is CC(C)OCC(=O)NCC(C)c1ccccc1. The summed E-state index contributed by atoms with van der Waals surface area (Å²) in [7, 11) is 0. The van der Waals surface area contributed by atoms with Crippen LogP contribution in [0.15, 0.2) is 30.3 Å². The Bertz CT molecular complexity index is 335. The molecule has 0 heterocycles. The lowest BCUT2D eigenvalue weighted by Crippen LogP contribution is -2.31. The molecular weight excluding hydrogens is 214 g/mol. The molecule has 1 rings (SSSR count). The third kappa shape index (κ3) is 5.50. The van der Waals surface area contributed by atoms with Crippen LogP contribution in [-0.4, -0.2) is 25.2 Å². The van der Waals surface area contributed by atoms with Crippen LogP contribution in [0.4, 0.5) is 0 Å². The van der Waals surface area contributed by atoms with E-state index >= 15 is 0 Å². The average Bonchev–Trinajstić information content (AvgIpc) is 2.34. The van der Waals surface area contributed by atoms with E-state index in [-0.39, 0.29) is 18.6 Å². The van der Waals surface area contributed by atoms with Crippen molar-refractivity contribution in [1.29, 1.82) is 0 Å². The van der Waals surface area contributed by atoms with Crippen LogP contribution in [0.5, 0.6) is 0 Å². The first-order valence-electron chi connectivity index (χ1n) is 6.03. The number of benzene rings is 1. The lowest BCUT2D eigenvalue weighted by Gasteiger charge is -2.13. The quantitative estimate of drug-likeness (QED) is 0.822. The Hall–Kier alpha value is -1.35. The topological polar surface area (TPSA) is 38.3 Å². The highest BCUT2D eigenvalue weighted by Crippen LogP contribution is 2.12. The molecule has 0 saturated carbocycles. The molecule has 3 heteroatoms. The summed E-state index contributed by atoms with van der Waals surface area (Å²) in [6, 6.07) is 10.2. The number of rotatable bonds is 6. The Balaban J connectivity index is 2.29. The molecule has 0 fully saturated rings. The summed E-state index contributed by atoms with van der Waals surface area (Å²) in [6.07, 6.45) is 0.0901. The van der Waals surface area contributed by atoms with Gasteiger partial charge in [-0.2, -0.15) is 0 Å². The van der Waals surface area contributed by atoms with Gasteiger partial charge in [-0.25, -0.2) is 0 Å². The molecular formula is C14H21NO2. The maximum absolute atomic E-state index is 11.4. The lowest BCUT2D eigenvalue weighted by molar-refractivity contribution is -0.127. The molecule has 0 aromatic heterocycles. The highest BCUT2D eigenvalue weighted by Gasteiger charge is 2.07. The van der Waals surface area contributed by atoms with Crippen molar-refractivity contribution in [2.45, 2.75) is 32.8 Å². The number of hydrogen-bond acceptors (Lipinski definition) is 2. The van der Waals surface area contributed by atoms with Crippen molar-refractivity contribution in [2.24, 2.45) is 0 Å². The minimum atomic E-state index is -0.0542. The first-order chi connectivity index (χ1) is 8.09. The number of carbonyl (C=O) groups is 1. The number of amides is 1. The Morgan fingerprint density at radius 2 is 1.88 bits per heavy atom. The van der Waals surface area contributed by atoms with Gasteiger partial charge in [-0.05, 0) is 25.3 Å². The second-order valence-electron chi connectivity index (χ2n) is 4.48. The van der Waals surface area contributed by atoms with Gasteiger partial charge >= 0.3 is 0 Å². The Kier molecular flexibility index (Phi) is 5.70. The van der Waals surface area contributed by atoms with Crippen molar-refractivity contribution in [3.63, 3.8) is 0 Å². The number of nitrogens with one attached hydrogen (secondary N) is 1. The molecule has 17 heavy (non-hydrogen) atoms. The zero-order chi connectivity index (χ0) is 12.7. The molecule has 1 atom stereocenters. The average molecular weight is 235 g/mol. The zero-order valence-corrected chi connectivity index (χ0v) is 10.8. The highest BCUT2D eigenvalue weighted by atomic mass is 16.5. The van der Waals surface area contributed by atoms with E-state index in [1.807, 2.05) is 32.0 Å². The summed E-state index contributed by atoms with van der Waals surface area (Å²) in [5.41, 5.74) is 1.23. The molecule has 3 nitrogen and oxygen atoms in total. The molecule has 0 aliphatic carbocycles. The van der Waals surface area contributed by atoms with Crippen molar-refractivity contribution in [3.8, 4) is 0 Å². The molecule has 0 aliphatic rings. The van der Waals surface area contributed by atoms with Gasteiger partial charge in [0.25, 0.3) is 0 Å². The zero-order valence-electron chi connectivity index (χ0n) is 10.8. The molecule has 0 spiro atoms. The number of carbonyl (C=O) groups excluding carboxylic acids is 1. The van der Waals surface area contributed by atoms with Crippen LogP contribution in [0.25, 0.3) is 0 Å². The number of ether oxygens (including phenoxy) is 1. The molecule has 1 amide bonds. The summed E-state index contributed by atoms with van der Waals surface area (Å²) in [5.74, 6) is 0.265. The van der Waals surface area contributed by atoms with Crippen LogP contribution in [0, 0.1) is 0 Å². The van der Waals surface area contributed by atoms with E-state index in [1.54, 1.807) is 0 Å². The molecule has 1 aromatic rings. The predicted octanol–water partition coefficient (Wildman–Crippen LogP) is 2.33. The minimum Gasteiger partial charge on any atom is -0.369 e. The van der Waals surface area contributed by atoms with E-state index in [1.165, 1.54) is 5.56 Å². The summed E-state index contributed by atoms with van der Waals surface area (Å²) >= 11 is 0. The summed E-state index contributed by atoms with van der Waals surface area (Å²) in [4.78, 5) is 11.4. The largest absolute Gasteiger partial charge is 0.369 e. The van der Waals surface area contributed by atoms with Crippen molar-refractivity contribution < 1.29 is 9.53 Å².